The Morgan fingerprint density at radius 1 is 1.21 bits per heavy atom. The van der Waals surface area contributed by atoms with Crippen molar-refractivity contribution in [3.63, 3.8) is 0 Å². The molecule has 0 fully saturated rings. The summed E-state index contributed by atoms with van der Waals surface area (Å²) in [7, 11) is 0. The molecule has 19 heavy (non-hydrogen) atoms. The molecule has 0 spiro atoms. The SMILES string of the molecule is Nc1c(O)cccc1OCc1cn2ccccc2n1. The number of nitrogens with two attached hydrogens (primary N) is 1. The highest BCUT2D eigenvalue weighted by Gasteiger charge is 2.06. The number of nitrogen functional groups attached to an aromatic ring is 1. The van der Waals surface area contributed by atoms with Crippen molar-refractivity contribution in [2.45, 2.75) is 6.61 Å². The summed E-state index contributed by atoms with van der Waals surface area (Å²) in [5.41, 5.74) is 7.63. The van der Waals surface area contributed by atoms with Gasteiger partial charge < -0.3 is 20.0 Å². The third-order valence-electron chi connectivity index (χ3n) is 2.83. The monoisotopic (exact) mass is 255 g/mol. The van der Waals surface area contributed by atoms with Crippen LogP contribution in [-0.2, 0) is 6.61 Å². The van der Waals surface area contributed by atoms with E-state index in [1.165, 1.54) is 6.07 Å². The molecule has 1 aromatic carbocycles. The zero-order valence-electron chi connectivity index (χ0n) is 10.2. The predicted molar refractivity (Wildman–Crippen MR) is 72.0 cm³/mol. The van der Waals surface area contributed by atoms with Crippen molar-refractivity contribution in [2.75, 3.05) is 5.73 Å². The van der Waals surface area contributed by atoms with Crippen LogP contribution in [-0.4, -0.2) is 14.5 Å². The number of anilines is 1. The van der Waals surface area contributed by atoms with E-state index >= 15 is 0 Å². The number of rotatable bonds is 3. The molecule has 2 heterocycles. The van der Waals surface area contributed by atoms with Gasteiger partial charge in [-0.3, -0.25) is 0 Å². The maximum Gasteiger partial charge on any atom is 0.146 e. The molecule has 3 rings (SSSR count). The molecule has 5 heteroatoms. The second-order valence-electron chi connectivity index (χ2n) is 4.18. The summed E-state index contributed by atoms with van der Waals surface area (Å²) >= 11 is 0. The fraction of sp³-hybridized carbons (Fsp3) is 0.0714. The molecular weight excluding hydrogens is 242 g/mol. The van der Waals surface area contributed by atoms with Gasteiger partial charge in [0, 0.05) is 12.4 Å². The smallest absolute Gasteiger partial charge is 0.146 e. The van der Waals surface area contributed by atoms with Crippen LogP contribution in [0, 0.1) is 0 Å². The van der Waals surface area contributed by atoms with Gasteiger partial charge in [0.1, 0.15) is 29.4 Å². The second kappa shape index (κ2) is 4.53. The summed E-state index contributed by atoms with van der Waals surface area (Å²) < 4.78 is 7.49. The van der Waals surface area contributed by atoms with Crippen molar-refractivity contribution in [1.82, 2.24) is 9.38 Å². The van der Waals surface area contributed by atoms with E-state index in [2.05, 4.69) is 4.98 Å². The Labute approximate surface area is 109 Å². The molecule has 0 saturated carbocycles. The molecule has 0 aliphatic rings. The maximum atomic E-state index is 9.49. The first-order chi connectivity index (χ1) is 9.24. The van der Waals surface area contributed by atoms with Crippen LogP contribution in [0.5, 0.6) is 11.5 Å². The van der Waals surface area contributed by atoms with Gasteiger partial charge in [-0.05, 0) is 24.3 Å². The topological polar surface area (TPSA) is 72.8 Å². The van der Waals surface area contributed by atoms with Gasteiger partial charge in [0.2, 0.25) is 0 Å². The van der Waals surface area contributed by atoms with Gasteiger partial charge in [0.05, 0.1) is 5.69 Å². The predicted octanol–water partition coefficient (Wildman–Crippen LogP) is 2.20. The molecule has 0 unspecified atom stereocenters. The number of hydrogen-bond donors (Lipinski definition) is 2. The molecule has 0 atom stereocenters. The highest BCUT2D eigenvalue weighted by atomic mass is 16.5. The number of phenolic OH excluding ortho intramolecular Hbond substituents is 1. The van der Waals surface area contributed by atoms with Gasteiger partial charge >= 0.3 is 0 Å². The Morgan fingerprint density at radius 3 is 2.95 bits per heavy atom. The van der Waals surface area contributed by atoms with Crippen LogP contribution in [0.25, 0.3) is 5.65 Å². The maximum absolute atomic E-state index is 9.49. The van der Waals surface area contributed by atoms with Crippen LogP contribution >= 0.6 is 0 Å². The summed E-state index contributed by atoms with van der Waals surface area (Å²) in [4.78, 5) is 4.41. The van der Waals surface area contributed by atoms with Crippen LogP contribution in [0.2, 0.25) is 0 Å². The fourth-order valence-corrected chi connectivity index (χ4v) is 1.87. The van der Waals surface area contributed by atoms with Crippen LogP contribution in [0.3, 0.4) is 0 Å². The molecule has 5 nitrogen and oxygen atoms in total. The standard InChI is InChI=1S/C14H13N3O2/c15-14-11(18)4-3-5-12(14)19-9-10-8-17-7-2-1-6-13(17)16-10/h1-8,18H,9,15H2. The third-order valence-corrected chi connectivity index (χ3v) is 2.83. The van der Waals surface area contributed by atoms with Crippen LogP contribution in [0.1, 0.15) is 5.69 Å². The molecule has 0 bridgehead atoms. The molecule has 96 valence electrons. The van der Waals surface area contributed by atoms with E-state index in [0.717, 1.165) is 11.3 Å². The largest absolute Gasteiger partial charge is 0.506 e. The normalized spacial score (nSPS) is 10.7. The number of hydrogen-bond acceptors (Lipinski definition) is 4. The highest BCUT2D eigenvalue weighted by molar-refractivity contribution is 5.61. The van der Waals surface area contributed by atoms with E-state index in [1.807, 2.05) is 35.0 Å². The Balaban J connectivity index is 1.80. The first kappa shape index (κ1) is 11.4. The number of benzene rings is 1. The quantitative estimate of drug-likeness (QED) is 0.556. The average molecular weight is 255 g/mol. The van der Waals surface area contributed by atoms with Crippen molar-refractivity contribution in [3.05, 3.63) is 54.5 Å². The minimum absolute atomic E-state index is 0.0208. The number of pyridine rings is 1. The Kier molecular flexibility index (Phi) is 2.72. The van der Waals surface area contributed by atoms with E-state index in [1.54, 1.807) is 12.1 Å². The van der Waals surface area contributed by atoms with Gasteiger partial charge in [-0.2, -0.15) is 0 Å². The molecule has 3 aromatic rings. The second-order valence-corrected chi connectivity index (χ2v) is 4.18. The zero-order valence-corrected chi connectivity index (χ0v) is 10.2. The Morgan fingerprint density at radius 2 is 2.11 bits per heavy atom. The molecule has 3 N–H and O–H groups in total. The lowest BCUT2D eigenvalue weighted by atomic mass is 10.3. The van der Waals surface area contributed by atoms with Crippen molar-refractivity contribution in [3.8, 4) is 11.5 Å². The van der Waals surface area contributed by atoms with Crippen molar-refractivity contribution < 1.29 is 9.84 Å². The highest BCUT2D eigenvalue weighted by Crippen LogP contribution is 2.30. The Bertz CT molecular complexity index is 689. The minimum atomic E-state index is 0.0208. The number of imidazole rings is 1. The van der Waals surface area contributed by atoms with E-state index in [9.17, 15) is 5.11 Å². The van der Waals surface area contributed by atoms with Crippen molar-refractivity contribution >= 4 is 11.3 Å². The van der Waals surface area contributed by atoms with E-state index < -0.39 is 0 Å². The van der Waals surface area contributed by atoms with Crippen LogP contribution in [0.15, 0.2) is 48.8 Å². The van der Waals surface area contributed by atoms with Crippen LogP contribution < -0.4 is 10.5 Å². The minimum Gasteiger partial charge on any atom is -0.506 e. The number of aromatic nitrogens is 2. The molecule has 2 aromatic heterocycles. The van der Waals surface area contributed by atoms with Gasteiger partial charge in [0.15, 0.2) is 0 Å². The van der Waals surface area contributed by atoms with Gasteiger partial charge in [-0.1, -0.05) is 12.1 Å². The van der Waals surface area contributed by atoms with Crippen molar-refractivity contribution in [1.29, 1.82) is 0 Å². The van der Waals surface area contributed by atoms with Crippen LogP contribution in [0.4, 0.5) is 5.69 Å². The number of fused-ring (bicyclic) bond motifs is 1. The lowest BCUT2D eigenvalue weighted by molar-refractivity contribution is 0.302. The number of phenols is 1. The van der Waals surface area contributed by atoms with E-state index in [0.29, 0.717) is 12.4 Å². The number of aromatic hydroxyl groups is 1. The molecule has 0 aliphatic heterocycles. The van der Waals surface area contributed by atoms with Crippen molar-refractivity contribution in [2.24, 2.45) is 0 Å². The van der Waals surface area contributed by atoms with E-state index in [-0.39, 0.29) is 11.4 Å². The van der Waals surface area contributed by atoms with Gasteiger partial charge in [0.25, 0.3) is 0 Å². The average Bonchev–Trinajstić information content (AvgIpc) is 2.83. The lowest BCUT2D eigenvalue weighted by Crippen LogP contribution is -1.99. The zero-order chi connectivity index (χ0) is 13.2. The summed E-state index contributed by atoms with van der Waals surface area (Å²) in [5, 5.41) is 9.49. The van der Waals surface area contributed by atoms with Gasteiger partial charge in [-0.15, -0.1) is 0 Å². The molecule has 0 aliphatic carbocycles. The Hall–Kier alpha value is -2.69. The fourth-order valence-electron chi connectivity index (χ4n) is 1.87. The summed E-state index contributed by atoms with van der Waals surface area (Å²) in [6.07, 6.45) is 3.82. The molecular formula is C14H13N3O2. The number of nitrogens with zero attached hydrogens (tertiary/aromatic N) is 2. The first-order valence-electron chi connectivity index (χ1n) is 5.87. The number of ether oxygens (including phenoxy) is 1. The molecule has 0 radical (unpaired) electrons. The molecule has 0 amide bonds. The third kappa shape index (κ3) is 2.18. The van der Waals surface area contributed by atoms with Gasteiger partial charge in [-0.25, -0.2) is 4.98 Å². The summed E-state index contributed by atoms with van der Waals surface area (Å²) in [6.45, 7) is 0.301. The summed E-state index contributed by atoms with van der Waals surface area (Å²) in [5.74, 6) is 0.476. The lowest BCUT2D eigenvalue weighted by Gasteiger charge is -2.08. The summed E-state index contributed by atoms with van der Waals surface area (Å²) in [6, 6.07) is 10.7. The first-order valence-corrected chi connectivity index (χ1v) is 5.87. The number of para-hydroxylation sites is 1. The molecule has 0 saturated heterocycles. The van der Waals surface area contributed by atoms with E-state index in [4.69, 9.17) is 10.5 Å².